The van der Waals surface area contributed by atoms with Crippen LogP contribution in [0.5, 0.6) is 0 Å². The molecule has 0 aliphatic carbocycles. The highest BCUT2D eigenvalue weighted by Crippen LogP contribution is 2.14. The summed E-state index contributed by atoms with van der Waals surface area (Å²) in [6.45, 7) is 0.374. The lowest BCUT2D eigenvalue weighted by Gasteiger charge is -1.99. The zero-order valence-electron chi connectivity index (χ0n) is 11.1. The van der Waals surface area contributed by atoms with Gasteiger partial charge in [0.2, 0.25) is 11.1 Å². The van der Waals surface area contributed by atoms with E-state index in [9.17, 15) is 4.79 Å². The van der Waals surface area contributed by atoms with Gasteiger partial charge in [0.15, 0.2) is 0 Å². The highest BCUT2D eigenvalue weighted by atomic mass is 32.2. The van der Waals surface area contributed by atoms with Gasteiger partial charge in [0, 0.05) is 11.4 Å². The maximum Gasteiger partial charge on any atom is 0.230 e. The zero-order chi connectivity index (χ0) is 14.9. The first-order chi connectivity index (χ1) is 10.3. The molecule has 6 nitrogen and oxygen atoms in total. The van der Waals surface area contributed by atoms with Crippen LogP contribution in [0.3, 0.4) is 0 Å². The molecule has 2 N–H and O–H groups in total. The zero-order valence-corrected chi connectivity index (χ0v) is 12.7. The number of H-pyrrole nitrogens is 1. The Balaban J connectivity index is 1.78. The number of hydrogen-bond acceptors (Lipinski definition) is 6. The summed E-state index contributed by atoms with van der Waals surface area (Å²) in [5, 5.41) is 20.4. The predicted molar refractivity (Wildman–Crippen MR) is 83.6 cm³/mol. The average molecular weight is 319 g/mol. The number of nitrogens with zero attached hydrogens (tertiary/aromatic N) is 3. The van der Waals surface area contributed by atoms with Crippen molar-refractivity contribution >= 4 is 41.2 Å². The molecular formula is C13H13N5OS2. The summed E-state index contributed by atoms with van der Waals surface area (Å²) in [7, 11) is 0. The third kappa shape index (κ3) is 5.41. The monoisotopic (exact) mass is 319 g/mol. The van der Waals surface area contributed by atoms with Crippen molar-refractivity contribution in [1.29, 1.82) is 5.26 Å². The van der Waals surface area contributed by atoms with Crippen LogP contribution in [0.4, 0.5) is 0 Å². The molecule has 0 aliphatic rings. The van der Waals surface area contributed by atoms with Gasteiger partial charge in [-0.15, -0.1) is 16.4 Å². The van der Waals surface area contributed by atoms with Gasteiger partial charge in [-0.05, 0) is 23.6 Å². The molecule has 2 rings (SSSR count). The smallest absolute Gasteiger partial charge is 0.230 e. The van der Waals surface area contributed by atoms with Gasteiger partial charge in [-0.2, -0.15) is 5.26 Å². The summed E-state index contributed by atoms with van der Waals surface area (Å²) in [5.41, 5.74) is 0. The first-order valence-corrected chi connectivity index (χ1v) is 8.05. The van der Waals surface area contributed by atoms with Crippen molar-refractivity contribution < 1.29 is 4.79 Å². The van der Waals surface area contributed by atoms with Crippen LogP contribution in [0.1, 0.15) is 17.1 Å². The Morgan fingerprint density at radius 3 is 3.24 bits per heavy atom. The Kier molecular flexibility index (Phi) is 5.99. The number of carbonyl (C=O) groups excluding carboxylic acids is 1. The van der Waals surface area contributed by atoms with Crippen LogP contribution in [-0.4, -0.2) is 33.4 Å². The third-order valence-electron chi connectivity index (χ3n) is 2.32. The van der Waals surface area contributed by atoms with Gasteiger partial charge in [-0.1, -0.05) is 17.8 Å². The number of nitriles is 1. The quantitative estimate of drug-likeness (QED) is 0.602. The lowest BCUT2D eigenvalue weighted by Crippen LogP contribution is -2.25. The highest BCUT2D eigenvalue weighted by Gasteiger charge is 2.06. The molecule has 0 spiro atoms. The molecule has 108 valence electrons. The van der Waals surface area contributed by atoms with Crippen LogP contribution < -0.4 is 5.32 Å². The van der Waals surface area contributed by atoms with E-state index in [2.05, 4.69) is 20.5 Å². The van der Waals surface area contributed by atoms with Crippen LogP contribution in [0.15, 0.2) is 22.7 Å². The van der Waals surface area contributed by atoms with Crippen molar-refractivity contribution in [2.75, 3.05) is 12.3 Å². The standard InChI is InChI=1S/C13H13N5OS2/c14-6-2-7-15-12(19)9-21-13-16-11(17-18-13)5-4-10-3-1-8-20-10/h1,3-5,8H,2,7,9H2,(H,15,19)(H,16,17,18)/b5-4+. The number of aromatic nitrogens is 3. The molecule has 0 aromatic carbocycles. The molecule has 21 heavy (non-hydrogen) atoms. The van der Waals surface area contributed by atoms with E-state index in [-0.39, 0.29) is 11.7 Å². The van der Waals surface area contributed by atoms with Crippen molar-refractivity contribution in [2.45, 2.75) is 11.6 Å². The number of aromatic amines is 1. The molecule has 2 heterocycles. The Bertz CT molecular complexity index is 642. The normalized spacial score (nSPS) is 10.6. The maximum atomic E-state index is 11.5. The van der Waals surface area contributed by atoms with Gasteiger partial charge in [0.25, 0.3) is 0 Å². The fraction of sp³-hybridized carbons (Fsp3) is 0.231. The molecule has 8 heteroatoms. The van der Waals surface area contributed by atoms with Crippen LogP contribution in [0.25, 0.3) is 12.2 Å². The van der Waals surface area contributed by atoms with E-state index >= 15 is 0 Å². The van der Waals surface area contributed by atoms with Crippen molar-refractivity contribution in [3.05, 3.63) is 28.2 Å². The predicted octanol–water partition coefficient (Wildman–Crippen LogP) is 2.16. The number of thioether (sulfide) groups is 1. The van der Waals surface area contributed by atoms with Gasteiger partial charge in [-0.25, -0.2) is 4.98 Å². The van der Waals surface area contributed by atoms with Gasteiger partial charge in [0.05, 0.1) is 18.2 Å². The molecule has 0 saturated heterocycles. The number of carbonyl (C=O) groups is 1. The van der Waals surface area contributed by atoms with Crippen molar-refractivity contribution in [3.63, 3.8) is 0 Å². The maximum absolute atomic E-state index is 11.5. The summed E-state index contributed by atoms with van der Waals surface area (Å²) in [4.78, 5) is 16.9. The fourth-order valence-electron chi connectivity index (χ4n) is 1.38. The minimum absolute atomic E-state index is 0.129. The van der Waals surface area contributed by atoms with E-state index in [4.69, 9.17) is 5.26 Å². The first kappa shape index (κ1) is 15.3. The van der Waals surface area contributed by atoms with E-state index < -0.39 is 0 Å². The average Bonchev–Trinajstić information content (AvgIpc) is 3.15. The number of rotatable bonds is 7. The third-order valence-corrected chi connectivity index (χ3v) is 4.01. The van der Waals surface area contributed by atoms with Crippen LogP contribution >= 0.6 is 23.1 Å². The van der Waals surface area contributed by atoms with Crippen molar-refractivity contribution in [3.8, 4) is 6.07 Å². The van der Waals surface area contributed by atoms with E-state index in [1.807, 2.05) is 35.7 Å². The first-order valence-electron chi connectivity index (χ1n) is 6.18. The summed E-state index contributed by atoms with van der Waals surface area (Å²) in [6, 6.07) is 5.96. The largest absolute Gasteiger partial charge is 0.354 e. The molecule has 0 saturated carbocycles. The van der Waals surface area contributed by atoms with Crippen LogP contribution in [0.2, 0.25) is 0 Å². The number of hydrogen-bond donors (Lipinski definition) is 2. The van der Waals surface area contributed by atoms with Crippen molar-refractivity contribution in [2.24, 2.45) is 0 Å². The lowest BCUT2D eigenvalue weighted by atomic mass is 10.4. The molecule has 0 aliphatic heterocycles. The molecule has 0 atom stereocenters. The van der Waals surface area contributed by atoms with E-state index in [0.717, 1.165) is 4.88 Å². The second-order valence-electron chi connectivity index (χ2n) is 3.90. The minimum Gasteiger partial charge on any atom is -0.354 e. The topological polar surface area (TPSA) is 94.5 Å². The molecule has 1 amide bonds. The molecule has 2 aromatic heterocycles. The summed E-state index contributed by atoms with van der Waals surface area (Å²) < 4.78 is 0. The summed E-state index contributed by atoms with van der Waals surface area (Å²) in [6.07, 6.45) is 4.11. The van der Waals surface area contributed by atoms with E-state index in [0.29, 0.717) is 23.9 Å². The van der Waals surface area contributed by atoms with Gasteiger partial charge < -0.3 is 5.32 Å². The second kappa shape index (κ2) is 8.24. The molecular weight excluding hydrogens is 306 g/mol. The van der Waals surface area contributed by atoms with E-state index in [1.165, 1.54) is 11.8 Å². The Hall–Kier alpha value is -2.11. The lowest BCUT2D eigenvalue weighted by molar-refractivity contribution is -0.118. The molecule has 2 aromatic rings. The highest BCUT2D eigenvalue weighted by molar-refractivity contribution is 7.99. The molecule has 0 fully saturated rings. The van der Waals surface area contributed by atoms with Gasteiger partial charge >= 0.3 is 0 Å². The number of thiophene rings is 1. The Morgan fingerprint density at radius 1 is 1.57 bits per heavy atom. The van der Waals surface area contributed by atoms with Crippen LogP contribution in [-0.2, 0) is 4.79 Å². The summed E-state index contributed by atoms with van der Waals surface area (Å²) in [5.74, 6) is 0.753. The number of amides is 1. The summed E-state index contributed by atoms with van der Waals surface area (Å²) >= 11 is 2.89. The Labute approximate surface area is 130 Å². The second-order valence-corrected chi connectivity index (χ2v) is 5.82. The molecule has 0 radical (unpaired) electrons. The SMILES string of the molecule is N#CCCNC(=O)CSc1n[nH]c(/C=C/c2cccs2)n1. The van der Waals surface area contributed by atoms with Gasteiger partial charge in [0.1, 0.15) is 5.82 Å². The molecule has 0 bridgehead atoms. The van der Waals surface area contributed by atoms with Crippen LogP contribution in [0, 0.1) is 11.3 Å². The minimum atomic E-state index is -0.129. The van der Waals surface area contributed by atoms with Crippen molar-refractivity contribution in [1.82, 2.24) is 20.5 Å². The number of nitrogens with one attached hydrogen (secondary N) is 2. The Morgan fingerprint density at radius 2 is 2.48 bits per heavy atom. The van der Waals surface area contributed by atoms with E-state index in [1.54, 1.807) is 11.3 Å². The van der Waals surface area contributed by atoms with Gasteiger partial charge in [-0.3, -0.25) is 9.89 Å². The molecule has 0 unspecified atom stereocenters. The fourth-order valence-corrected chi connectivity index (χ4v) is 2.64.